The van der Waals surface area contributed by atoms with E-state index in [1.54, 1.807) is 12.2 Å². The molecule has 0 saturated heterocycles. The Morgan fingerprint density at radius 1 is 0.974 bits per heavy atom. The van der Waals surface area contributed by atoms with E-state index in [-0.39, 0.29) is 42.2 Å². The molecular formula is C29H34N2O7. The predicted molar refractivity (Wildman–Crippen MR) is 143 cm³/mol. The number of hydrogen-bond acceptors (Lipinski definition) is 7. The van der Waals surface area contributed by atoms with Gasteiger partial charge in [0.05, 0.1) is 11.8 Å². The average molecular weight is 523 g/mol. The Balaban J connectivity index is 1.95. The molecule has 0 aromatic heterocycles. The molecule has 2 aliphatic rings. The number of nitrogens with one attached hydrogen (secondary N) is 2. The van der Waals surface area contributed by atoms with Crippen LogP contribution in [0.2, 0.25) is 0 Å². The van der Waals surface area contributed by atoms with E-state index in [2.05, 4.69) is 24.5 Å². The zero-order valence-corrected chi connectivity index (χ0v) is 21.5. The number of amides is 2. The molecule has 2 amide bonds. The summed E-state index contributed by atoms with van der Waals surface area (Å²) in [4.78, 5) is 47.9. The maximum absolute atomic E-state index is 12.3. The van der Waals surface area contributed by atoms with Crippen molar-refractivity contribution in [3.05, 3.63) is 96.1 Å². The monoisotopic (exact) mass is 522 g/mol. The number of allylic oxidation sites excluding steroid dienone is 12. The summed E-state index contributed by atoms with van der Waals surface area (Å²) in [5, 5.41) is 35.4. The smallest absolute Gasteiger partial charge is 0.248 e. The summed E-state index contributed by atoms with van der Waals surface area (Å²) in [6, 6.07) is 0. The maximum Gasteiger partial charge on any atom is 0.248 e. The molecule has 0 fully saturated rings. The van der Waals surface area contributed by atoms with E-state index in [4.69, 9.17) is 0 Å². The van der Waals surface area contributed by atoms with Crippen LogP contribution in [0.1, 0.15) is 39.5 Å². The van der Waals surface area contributed by atoms with Gasteiger partial charge in [-0.05, 0) is 18.1 Å². The molecule has 38 heavy (non-hydrogen) atoms. The molecular weight excluding hydrogens is 488 g/mol. The Morgan fingerprint density at radius 2 is 1.58 bits per heavy atom. The van der Waals surface area contributed by atoms with Crippen LogP contribution in [0.25, 0.3) is 0 Å². The van der Waals surface area contributed by atoms with Crippen molar-refractivity contribution in [2.45, 2.75) is 51.2 Å². The Kier molecular flexibility index (Phi) is 11.6. The van der Waals surface area contributed by atoms with Gasteiger partial charge >= 0.3 is 0 Å². The molecule has 2 aliphatic carbocycles. The normalized spacial score (nSPS) is 23.7. The quantitative estimate of drug-likeness (QED) is 0.207. The molecule has 0 spiro atoms. The molecule has 0 aliphatic heterocycles. The summed E-state index contributed by atoms with van der Waals surface area (Å²) in [7, 11) is 0. The van der Waals surface area contributed by atoms with Crippen molar-refractivity contribution in [2.75, 3.05) is 0 Å². The van der Waals surface area contributed by atoms with Crippen LogP contribution in [0.5, 0.6) is 0 Å². The van der Waals surface area contributed by atoms with Gasteiger partial charge in [-0.15, -0.1) is 0 Å². The topological polar surface area (TPSA) is 153 Å². The third-order valence-electron chi connectivity index (χ3n) is 5.86. The molecule has 3 unspecified atom stereocenters. The number of aliphatic hydroxyl groups excluding tert-OH is 2. The Labute approximate surface area is 222 Å². The van der Waals surface area contributed by atoms with Crippen molar-refractivity contribution in [2.24, 2.45) is 5.92 Å². The molecule has 3 atom stereocenters. The van der Waals surface area contributed by atoms with E-state index in [0.29, 0.717) is 5.92 Å². The van der Waals surface area contributed by atoms with Gasteiger partial charge in [-0.25, -0.2) is 0 Å². The van der Waals surface area contributed by atoms with Gasteiger partial charge in [-0.1, -0.05) is 75.0 Å². The van der Waals surface area contributed by atoms with Crippen molar-refractivity contribution in [1.29, 1.82) is 0 Å². The minimum Gasteiger partial charge on any atom is -0.510 e. The lowest BCUT2D eigenvalue weighted by molar-refractivity contribution is -0.124. The highest BCUT2D eigenvalue weighted by Gasteiger charge is 2.38. The Hall–Kier alpha value is -4.08. The highest BCUT2D eigenvalue weighted by Crippen LogP contribution is 2.25. The minimum atomic E-state index is -1.90. The third-order valence-corrected chi connectivity index (χ3v) is 5.86. The summed E-state index contributed by atoms with van der Waals surface area (Å²) in [6.45, 7) is 4.19. The molecule has 0 heterocycles. The van der Waals surface area contributed by atoms with Gasteiger partial charge < -0.3 is 26.0 Å². The van der Waals surface area contributed by atoms with E-state index in [1.807, 2.05) is 12.2 Å². The number of hydrogen-bond donors (Lipinski definition) is 5. The summed E-state index contributed by atoms with van der Waals surface area (Å²) in [5.41, 5.74) is -2.13. The molecule has 9 heteroatoms. The van der Waals surface area contributed by atoms with Gasteiger partial charge in [-0.3, -0.25) is 19.2 Å². The summed E-state index contributed by atoms with van der Waals surface area (Å²) in [6.07, 6.45) is 19.0. The van der Waals surface area contributed by atoms with Crippen molar-refractivity contribution in [1.82, 2.24) is 10.6 Å². The third kappa shape index (κ3) is 9.42. The highest BCUT2D eigenvalue weighted by atomic mass is 16.3. The SMILES string of the molecule is CCC(C)C=CC=CC=CC(=O)NC1=CC(O)(C=CC=CC=CC(=O)NC2=C(O)CCC2=O)C(O)CC1=O. The van der Waals surface area contributed by atoms with Gasteiger partial charge in [-0.2, -0.15) is 0 Å². The van der Waals surface area contributed by atoms with Crippen LogP contribution in [0, 0.1) is 5.92 Å². The Morgan fingerprint density at radius 3 is 2.18 bits per heavy atom. The van der Waals surface area contributed by atoms with Crippen LogP contribution >= 0.6 is 0 Å². The molecule has 0 saturated carbocycles. The first-order valence-corrected chi connectivity index (χ1v) is 12.3. The largest absolute Gasteiger partial charge is 0.510 e. The van der Waals surface area contributed by atoms with Crippen molar-refractivity contribution in [3.63, 3.8) is 0 Å². The van der Waals surface area contributed by atoms with Crippen LogP contribution < -0.4 is 10.6 Å². The predicted octanol–water partition coefficient (Wildman–Crippen LogP) is 2.68. The second-order valence-electron chi connectivity index (χ2n) is 8.93. The van der Waals surface area contributed by atoms with Crippen LogP contribution in [0.4, 0.5) is 0 Å². The number of carbonyl (C=O) groups is 4. The zero-order valence-electron chi connectivity index (χ0n) is 21.5. The first-order valence-electron chi connectivity index (χ1n) is 12.3. The van der Waals surface area contributed by atoms with Crippen LogP contribution in [-0.4, -0.2) is 50.4 Å². The summed E-state index contributed by atoms with van der Waals surface area (Å²) in [5.74, 6) is -1.69. The second-order valence-corrected chi connectivity index (χ2v) is 8.93. The van der Waals surface area contributed by atoms with E-state index >= 15 is 0 Å². The van der Waals surface area contributed by atoms with Crippen LogP contribution in [-0.2, 0) is 19.2 Å². The first-order chi connectivity index (χ1) is 18.1. The fourth-order valence-electron chi connectivity index (χ4n) is 3.39. The standard InChI is InChI=1S/C29H34N2O7/c1-3-20(2)12-8-4-5-9-13-26(36)30-21-19-29(38,25(35)18-24(21)34)17-11-7-6-10-14-27(37)31-28-22(32)15-16-23(28)33/h4-14,17,19-20,25,32,35,38H,3,15-16,18H2,1-2H3,(H,30,36)(H,31,37). The molecule has 2 rings (SSSR count). The fraction of sp³-hybridized carbons (Fsp3) is 0.310. The second kappa shape index (κ2) is 14.6. The lowest BCUT2D eigenvalue weighted by Gasteiger charge is -2.31. The van der Waals surface area contributed by atoms with E-state index in [1.165, 1.54) is 42.5 Å². The van der Waals surface area contributed by atoms with Crippen LogP contribution in [0.15, 0.2) is 96.1 Å². The van der Waals surface area contributed by atoms with Crippen molar-refractivity contribution < 1.29 is 34.5 Å². The van der Waals surface area contributed by atoms with Gasteiger partial charge in [0.15, 0.2) is 11.6 Å². The number of ketones is 2. The average Bonchev–Trinajstić information content (AvgIpc) is 3.18. The molecule has 9 nitrogen and oxygen atoms in total. The van der Waals surface area contributed by atoms with Crippen molar-refractivity contribution in [3.8, 4) is 0 Å². The van der Waals surface area contributed by atoms with Gasteiger partial charge in [0.2, 0.25) is 11.8 Å². The lowest BCUT2D eigenvalue weighted by atomic mass is 9.85. The van der Waals surface area contributed by atoms with Gasteiger partial charge in [0, 0.05) is 31.4 Å². The fourth-order valence-corrected chi connectivity index (χ4v) is 3.39. The van der Waals surface area contributed by atoms with E-state index < -0.39 is 29.3 Å². The number of Topliss-reactive ketones (excluding diaryl/α,β-unsaturated/α-hetero) is 2. The number of carbonyl (C=O) groups excluding carboxylic acids is 4. The number of aliphatic hydroxyl groups is 3. The molecule has 0 bridgehead atoms. The molecule has 0 radical (unpaired) electrons. The molecule has 5 N–H and O–H groups in total. The number of rotatable bonds is 11. The first kappa shape index (κ1) is 30.1. The summed E-state index contributed by atoms with van der Waals surface area (Å²) < 4.78 is 0. The minimum absolute atomic E-state index is 0.0950. The van der Waals surface area contributed by atoms with Crippen LogP contribution in [0.3, 0.4) is 0 Å². The molecule has 0 aromatic carbocycles. The Bertz CT molecular complexity index is 1170. The van der Waals surface area contributed by atoms with Gasteiger partial charge in [0.25, 0.3) is 0 Å². The maximum atomic E-state index is 12.3. The van der Waals surface area contributed by atoms with E-state index in [0.717, 1.165) is 18.6 Å². The summed E-state index contributed by atoms with van der Waals surface area (Å²) >= 11 is 0. The van der Waals surface area contributed by atoms with Crippen molar-refractivity contribution >= 4 is 23.4 Å². The lowest BCUT2D eigenvalue weighted by Crippen LogP contribution is -2.46. The highest BCUT2D eigenvalue weighted by molar-refractivity contribution is 6.03. The van der Waals surface area contributed by atoms with Gasteiger partial charge in [0.1, 0.15) is 17.1 Å². The zero-order chi connectivity index (χ0) is 28.1. The van der Waals surface area contributed by atoms with E-state index in [9.17, 15) is 34.5 Å². The molecule has 202 valence electrons. The molecule has 0 aromatic rings.